The second-order valence-electron chi connectivity index (χ2n) is 11.6. The summed E-state index contributed by atoms with van der Waals surface area (Å²) >= 11 is 0. The molecular weight excluding hydrogens is 484 g/mol. The van der Waals surface area contributed by atoms with Gasteiger partial charge >= 0.3 is 0 Å². The molecule has 1 aromatic heterocycles. The number of carbonyl (C=O) groups excluding carboxylic acids is 1. The monoisotopic (exact) mass is 524 g/mol. The van der Waals surface area contributed by atoms with Crippen LogP contribution in [0.15, 0.2) is 42.6 Å². The highest BCUT2D eigenvalue weighted by Crippen LogP contribution is 2.50. The van der Waals surface area contributed by atoms with Gasteiger partial charge in [0.2, 0.25) is 17.7 Å². The molecule has 2 aliphatic carbocycles. The van der Waals surface area contributed by atoms with Crippen LogP contribution in [0.2, 0.25) is 0 Å². The number of hydrogen-bond donors (Lipinski definition) is 4. The van der Waals surface area contributed by atoms with E-state index < -0.39 is 12.0 Å². The number of aromatic nitrogens is 2. The molecule has 1 amide bonds. The summed E-state index contributed by atoms with van der Waals surface area (Å²) in [5, 5.41) is 34.7. The lowest BCUT2D eigenvalue weighted by Crippen LogP contribution is -2.60. The van der Waals surface area contributed by atoms with Gasteiger partial charge < -0.3 is 15.3 Å². The summed E-state index contributed by atoms with van der Waals surface area (Å²) in [6.07, 6.45) is 6.81. The van der Waals surface area contributed by atoms with Crippen LogP contribution in [0.1, 0.15) is 56.9 Å². The molecule has 3 aliphatic rings. The Morgan fingerprint density at radius 3 is 2.42 bits per heavy atom. The number of carbonyl (C=O) groups is 1. The highest BCUT2D eigenvalue weighted by molar-refractivity contribution is 5.89. The van der Waals surface area contributed by atoms with Crippen LogP contribution in [0.3, 0.4) is 0 Å². The van der Waals surface area contributed by atoms with Gasteiger partial charge in [0.15, 0.2) is 6.35 Å². The van der Waals surface area contributed by atoms with Crippen LogP contribution in [-0.4, -0.2) is 97.1 Å². The van der Waals surface area contributed by atoms with E-state index in [0.717, 1.165) is 44.9 Å². The van der Waals surface area contributed by atoms with Crippen molar-refractivity contribution < 1.29 is 20.1 Å². The number of benzene rings is 1. The molecule has 1 spiro atoms. The molecule has 1 atom stereocenters. The zero-order chi connectivity index (χ0) is 27.0. The largest absolute Gasteiger partial charge is 0.493 e. The molecular formula is C28H40N6O4. The highest BCUT2D eigenvalue weighted by atomic mass is 16.3. The lowest BCUT2D eigenvalue weighted by Gasteiger charge is -2.53. The molecule has 3 fully saturated rings. The molecule has 38 heavy (non-hydrogen) atoms. The predicted molar refractivity (Wildman–Crippen MR) is 143 cm³/mol. The van der Waals surface area contributed by atoms with Crippen LogP contribution in [0.4, 0.5) is 5.95 Å². The Hall–Kier alpha value is -2.63. The number of hydrogen-bond acceptors (Lipinski definition) is 9. The summed E-state index contributed by atoms with van der Waals surface area (Å²) in [6, 6.07) is 12.0. The molecule has 0 radical (unpaired) electrons. The fraction of sp³-hybridized carbons (Fsp3) is 0.607. The summed E-state index contributed by atoms with van der Waals surface area (Å²) in [6.45, 7) is 1.44. The van der Waals surface area contributed by atoms with E-state index in [2.05, 4.69) is 63.4 Å². The molecule has 1 saturated heterocycles. The van der Waals surface area contributed by atoms with Crippen molar-refractivity contribution in [1.29, 1.82) is 0 Å². The zero-order valence-electron chi connectivity index (χ0n) is 22.4. The van der Waals surface area contributed by atoms with Gasteiger partial charge in [0, 0.05) is 49.4 Å². The van der Waals surface area contributed by atoms with Gasteiger partial charge in [-0.1, -0.05) is 30.3 Å². The Morgan fingerprint density at radius 2 is 1.82 bits per heavy atom. The first kappa shape index (κ1) is 27.0. The van der Waals surface area contributed by atoms with Crippen LogP contribution in [0.25, 0.3) is 0 Å². The van der Waals surface area contributed by atoms with Gasteiger partial charge in [-0.15, -0.1) is 0 Å². The van der Waals surface area contributed by atoms with E-state index >= 15 is 0 Å². The number of nitrogens with zero attached hydrogens (tertiary/aromatic N) is 5. The third-order valence-electron chi connectivity index (χ3n) is 9.15. The maximum Gasteiger partial charge on any atom is 0.232 e. The van der Waals surface area contributed by atoms with Gasteiger partial charge in [-0.05, 0) is 64.6 Å². The van der Waals surface area contributed by atoms with Gasteiger partial charge in [0.25, 0.3) is 0 Å². The van der Waals surface area contributed by atoms with E-state index in [0.29, 0.717) is 19.6 Å². The van der Waals surface area contributed by atoms with Crippen LogP contribution in [-0.2, 0) is 10.3 Å². The molecule has 5 rings (SSSR count). The number of aliphatic hydroxyl groups excluding tert-OH is 1. The maximum atomic E-state index is 12.6. The number of β-amino-alcohol motifs (C(OH)–C–C–N with tert-alkyl or cyclic N) is 1. The first-order valence-electron chi connectivity index (χ1n) is 13.6. The normalized spacial score (nSPS) is 29.4. The summed E-state index contributed by atoms with van der Waals surface area (Å²) in [7, 11) is 4.29. The minimum absolute atomic E-state index is 0.0514. The average Bonchev–Trinajstić information content (AvgIpc) is 3.13. The summed E-state index contributed by atoms with van der Waals surface area (Å²) in [4.78, 5) is 26.8. The molecule has 10 nitrogen and oxygen atoms in total. The average molecular weight is 525 g/mol. The van der Waals surface area contributed by atoms with E-state index in [1.165, 1.54) is 17.8 Å². The van der Waals surface area contributed by atoms with Crippen molar-refractivity contribution >= 4 is 11.9 Å². The third kappa shape index (κ3) is 5.15. The molecule has 4 N–H and O–H groups in total. The lowest BCUT2D eigenvalue weighted by atomic mass is 9.67. The molecule has 1 aliphatic heterocycles. The van der Waals surface area contributed by atoms with E-state index in [1.54, 1.807) is 0 Å². The summed E-state index contributed by atoms with van der Waals surface area (Å²) < 4.78 is 0. The van der Waals surface area contributed by atoms with E-state index in [1.807, 2.05) is 11.0 Å². The molecule has 206 valence electrons. The van der Waals surface area contributed by atoms with Crippen LogP contribution < -0.4 is 5.32 Å². The Labute approximate surface area is 224 Å². The van der Waals surface area contributed by atoms with Crippen molar-refractivity contribution in [2.75, 3.05) is 39.0 Å². The number of aliphatic hydroxyl groups is 2. The molecule has 1 aromatic carbocycles. The first-order valence-corrected chi connectivity index (χ1v) is 13.6. The number of aromatic hydroxyl groups is 1. The highest BCUT2D eigenvalue weighted by Gasteiger charge is 2.56. The van der Waals surface area contributed by atoms with Gasteiger partial charge in [-0.3, -0.25) is 24.8 Å². The SMILES string of the molecule is CN(C)[C@]1(c2ccccc2)CC[C@]2(CC1)CN(CCC(=O)Nc1nccc(O)n1)C(O)N2CC1(O)CCC1. The van der Waals surface area contributed by atoms with Crippen LogP contribution in [0, 0.1) is 0 Å². The van der Waals surface area contributed by atoms with Gasteiger partial charge in [-0.25, -0.2) is 4.98 Å². The Morgan fingerprint density at radius 1 is 1.11 bits per heavy atom. The Balaban J connectivity index is 1.31. The number of amides is 1. The molecule has 2 saturated carbocycles. The molecule has 2 aromatic rings. The third-order valence-corrected chi connectivity index (χ3v) is 9.15. The number of nitrogens with one attached hydrogen (secondary N) is 1. The van der Waals surface area contributed by atoms with Crippen molar-refractivity contribution in [3.8, 4) is 5.88 Å². The summed E-state index contributed by atoms with van der Waals surface area (Å²) in [5.74, 6) is -0.443. The first-order chi connectivity index (χ1) is 18.1. The molecule has 0 bridgehead atoms. The maximum absolute atomic E-state index is 12.6. The standard InChI is InChI=1S/C28H40N6O4/c1-32(2)28(21-7-4-3-5-8-21)15-13-26(14-16-28)19-33(25(37)34(26)20-27(38)11-6-12-27)18-10-23(36)31-24-29-17-9-22(35)30-24/h3-5,7-9,17,25,37-38H,6,10-16,18-20H2,1-2H3,(H2,29,30,31,35,36)/t25?,26-,28+. The Kier molecular flexibility index (Phi) is 7.45. The minimum Gasteiger partial charge on any atom is -0.493 e. The number of rotatable bonds is 8. The van der Waals surface area contributed by atoms with Gasteiger partial charge in [-0.2, -0.15) is 4.98 Å². The molecule has 1 unspecified atom stereocenters. The smallest absolute Gasteiger partial charge is 0.232 e. The second kappa shape index (κ2) is 10.5. The van der Waals surface area contributed by atoms with Crippen molar-refractivity contribution in [3.63, 3.8) is 0 Å². The zero-order valence-corrected chi connectivity index (χ0v) is 22.4. The van der Waals surface area contributed by atoms with Crippen molar-refractivity contribution in [2.45, 2.75) is 74.4 Å². The predicted octanol–water partition coefficient (Wildman–Crippen LogP) is 2.09. The number of anilines is 1. The van der Waals surface area contributed by atoms with E-state index in [9.17, 15) is 20.1 Å². The Bertz CT molecular complexity index is 1120. The summed E-state index contributed by atoms with van der Waals surface area (Å²) in [5.41, 5.74) is 0.198. The minimum atomic E-state index is -0.868. The van der Waals surface area contributed by atoms with Crippen LogP contribution >= 0.6 is 0 Å². The quantitative estimate of drug-likeness (QED) is 0.411. The van der Waals surface area contributed by atoms with Crippen LogP contribution in [0.5, 0.6) is 5.88 Å². The van der Waals surface area contributed by atoms with Gasteiger partial charge in [0.05, 0.1) is 5.60 Å². The van der Waals surface area contributed by atoms with Crippen molar-refractivity contribution in [1.82, 2.24) is 24.7 Å². The molecule has 2 heterocycles. The second-order valence-corrected chi connectivity index (χ2v) is 11.6. The fourth-order valence-corrected chi connectivity index (χ4v) is 6.66. The van der Waals surface area contributed by atoms with Crippen molar-refractivity contribution in [3.05, 3.63) is 48.2 Å². The van der Waals surface area contributed by atoms with E-state index in [4.69, 9.17) is 0 Å². The van der Waals surface area contributed by atoms with Crippen molar-refractivity contribution in [2.24, 2.45) is 0 Å². The fourth-order valence-electron chi connectivity index (χ4n) is 6.66. The topological polar surface area (TPSA) is 125 Å². The molecule has 10 heteroatoms. The van der Waals surface area contributed by atoms with Gasteiger partial charge in [0.1, 0.15) is 0 Å². The lowest BCUT2D eigenvalue weighted by molar-refractivity contribution is -0.144. The van der Waals surface area contributed by atoms with E-state index in [-0.39, 0.29) is 35.2 Å².